The molecule has 20 heavy (non-hydrogen) atoms. The molecule has 1 atom stereocenters. The Bertz CT molecular complexity index is 688. The molecule has 104 valence electrons. The maximum absolute atomic E-state index is 13.2. The van der Waals surface area contributed by atoms with Crippen molar-refractivity contribution >= 4 is 11.0 Å². The summed E-state index contributed by atoms with van der Waals surface area (Å²) in [7, 11) is 0. The third kappa shape index (κ3) is 2.47. The van der Waals surface area contributed by atoms with E-state index in [-0.39, 0.29) is 11.9 Å². The lowest BCUT2D eigenvalue weighted by Gasteiger charge is -2.13. The molecule has 3 nitrogen and oxygen atoms in total. The first-order chi connectivity index (χ1) is 9.78. The molecule has 0 aliphatic rings. The van der Waals surface area contributed by atoms with Gasteiger partial charge < -0.3 is 14.2 Å². The van der Waals surface area contributed by atoms with Crippen molar-refractivity contribution in [2.75, 3.05) is 6.54 Å². The van der Waals surface area contributed by atoms with Gasteiger partial charge in [-0.3, -0.25) is 0 Å². The number of fused-ring (bicyclic) bond motifs is 1. The van der Waals surface area contributed by atoms with Crippen LogP contribution in [0.3, 0.4) is 0 Å². The second-order valence-electron chi connectivity index (χ2n) is 4.73. The molecule has 3 aromatic rings. The summed E-state index contributed by atoms with van der Waals surface area (Å²) in [5.74, 6) is 1.26. The van der Waals surface area contributed by atoms with Crippen molar-refractivity contribution in [1.29, 1.82) is 0 Å². The molecule has 0 bridgehead atoms. The molecule has 3 rings (SSSR count). The summed E-state index contributed by atoms with van der Waals surface area (Å²) in [6, 6.07) is 9.97. The van der Waals surface area contributed by atoms with E-state index in [0.717, 1.165) is 29.9 Å². The van der Waals surface area contributed by atoms with Crippen LogP contribution in [0.4, 0.5) is 4.39 Å². The Morgan fingerprint density at radius 2 is 2.10 bits per heavy atom. The van der Waals surface area contributed by atoms with Crippen LogP contribution in [0.15, 0.2) is 51.5 Å². The first-order valence-corrected chi connectivity index (χ1v) is 6.73. The van der Waals surface area contributed by atoms with Gasteiger partial charge in [0.15, 0.2) is 0 Å². The molecular weight excluding hydrogens is 257 g/mol. The standard InChI is InChI=1S/C16H16FNO2/c1-2-7-18-16(14-4-3-8-19-14)15-10-11-9-12(17)5-6-13(11)20-15/h3-6,8-10,16,18H,2,7H2,1H3. The van der Waals surface area contributed by atoms with Gasteiger partial charge in [0, 0.05) is 5.39 Å². The maximum Gasteiger partial charge on any atom is 0.134 e. The van der Waals surface area contributed by atoms with E-state index in [1.807, 2.05) is 18.2 Å². The summed E-state index contributed by atoms with van der Waals surface area (Å²) in [5, 5.41) is 4.14. The maximum atomic E-state index is 13.2. The molecule has 0 saturated heterocycles. The van der Waals surface area contributed by atoms with Crippen molar-refractivity contribution < 1.29 is 13.2 Å². The van der Waals surface area contributed by atoms with Crippen molar-refractivity contribution in [1.82, 2.24) is 5.32 Å². The average molecular weight is 273 g/mol. The molecule has 0 aliphatic heterocycles. The van der Waals surface area contributed by atoms with Crippen LogP contribution in [0, 0.1) is 5.82 Å². The zero-order valence-electron chi connectivity index (χ0n) is 11.2. The fourth-order valence-corrected chi connectivity index (χ4v) is 2.26. The minimum Gasteiger partial charge on any atom is -0.467 e. The van der Waals surface area contributed by atoms with Crippen LogP contribution in [0.1, 0.15) is 30.9 Å². The Morgan fingerprint density at radius 3 is 2.85 bits per heavy atom. The van der Waals surface area contributed by atoms with Crippen LogP contribution in [0.5, 0.6) is 0 Å². The minimum atomic E-state index is -0.263. The zero-order chi connectivity index (χ0) is 13.9. The van der Waals surface area contributed by atoms with Crippen molar-refractivity contribution in [3.63, 3.8) is 0 Å². The van der Waals surface area contributed by atoms with E-state index < -0.39 is 0 Å². The van der Waals surface area contributed by atoms with E-state index in [9.17, 15) is 4.39 Å². The van der Waals surface area contributed by atoms with E-state index in [4.69, 9.17) is 8.83 Å². The molecule has 1 N–H and O–H groups in total. The Labute approximate surface area is 116 Å². The number of nitrogens with one attached hydrogen (secondary N) is 1. The monoisotopic (exact) mass is 273 g/mol. The van der Waals surface area contributed by atoms with E-state index in [1.165, 1.54) is 12.1 Å². The molecule has 4 heteroatoms. The van der Waals surface area contributed by atoms with E-state index in [1.54, 1.807) is 12.3 Å². The lowest BCUT2D eigenvalue weighted by molar-refractivity contribution is 0.399. The predicted molar refractivity (Wildman–Crippen MR) is 75.0 cm³/mol. The summed E-state index contributed by atoms with van der Waals surface area (Å²) in [5.41, 5.74) is 0.677. The predicted octanol–water partition coefficient (Wildman–Crippen LogP) is 4.25. The molecule has 2 aromatic heterocycles. The normalized spacial score (nSPS) is 12.9. The Balaban J connectivity index is 1.99. The summed E-state index contributed by atoms with van der Waals surface area (Å²) < 4.78 is 24.5. The second-order valence-corrected chi connectivity index (χ2v) is 4.73. The fraction of sp³-hybridized carbons (Fsp3) is 0.250. The zero-order valence-corrected chi connectivity index (χ0v) is 11.2. The van der Waals surface area contributed by atoms with Crippen molar-refractivity contribution in [3.8, 4) is 0 Å². The highest BCUT2D eigenvalue weighted by molar-refractivity contribution is 5.78. The Hall–Kier alpha value is -2.07. The largest absolute Gasteiger partial charge is 0.467 e. The molecule has 1 unspecified atom stereocenters. The Kier molecular flexibility index (Phi) is 3.56. The fourth-order valence-electron chi connectivity index (χ4n) is 2.26. The van der Waals surface area contributed by atoms with Gasteiger partial charge in [-0.1, -0.05) is 6.92 Å². The summed E-state index contributed by atoms with van der Waals surface area (Å²) >= 11 is 0. The van der Waals surface area contributed by atoms with Gasteiger partial charge in [0.05, 0.1) is 6.26 Å². The third-order valence-corrected chi connectivity index (χ3v) is 3.21. The lowest BCUT2D eigenvalue weighted by atomic mass is 10.1. The topological polar surface area (TPSA) is 38.3 Å². The van der Waals surface area contributed by atoms with Gasteiger partial charge >= 0.3 is 0 Å². The Morgan fingerprint density at radius 1 is 1.20 bits per heavy atom. The van der Waals surface area contributed by atoms with Gasteiger partial charge in [-0.15, -0.1) is 0 Å². The van der Waals surface area contributed by atoms with Gasteiger partial charge in [-0.25, -0.2) is 4.39 Å². The van der Waals surface area contributed by atoms with Crippen LogP contribution >= 0.6 is 0 Å². The minimum absolute atomic E-state index is 0.152. The van der Waals surface area contributed by atoms with Crippen LogP contribution in [-0.2, 0) is 0 Å². The van der Waals surface area contributed by atoms with Gasteiger partial charge in [-0.05, 0) is 49.4 Å². The number of hydrogen-bond donors (Lipinski definition) is 1. The molecule has 1 aromatic carbocycles. The highest BCUT2D eigenvalue weighted by Gasteiger charge is 2.20. The summed E-state index contributed by atoms with van der Waals surface area (Å²) in [6.07, 6.45) is 2.64. The quantitative estimate of drug-likeness (QED) is 0.755. The molecule has 0 radical (unpaired) electrons. The second kappa shape index (κ2) is 5.51. The first-order valence-electron chi connectivity index (χ1n) is 6.73. The highest BCUT2D eigenvalue weighted by atomic mass is 19.1. The van der Waals surface area contributed by atoms with Gasteiger partial charge in [0.1, 0.15) is 29.0 Å². The van der Waals surface area contributed by atoms with Crippen LogP contribution in [0.2, 0.25) is 0 Å². The van der Waals surface area contributed by atoms with Crippen molar-refractivity contribution in [2.24, 2.45) is 0 Å². The molecule has 0 spiro atoms. The smallest absolute Gasteiger partial charge is 0.134 e. The van der Waals surface area contributed by atoms with E-state index in [0.29, 0.717) is 5.58 Å². The highest BCUT2D eigenvalue weighted by Crippen LogP contribution is 2.29. The molecule has 2 heterocycles. The number of benzene rings is 1. The molecule has 0 amide bonds. The van der Waals surface area contributed by atoms with Gasteiger partial charge in [-0.2, -0.15) is 0 Å². The van der Waals surface area contributed by atoms with Crippen molar-refractivity contribution in [2.45, 2.75) is 19.4 Å². The van der Waals surface area contributed by atoms with E-state index in [2.05, 4.69) is 12.2 Å². The van der Waals surface area contributed by atoms with Crippen molar-refractivity contribution in [3.05, 3.63) is 60.0 Å². The summed E-state index contributed by atoms with van der Waals surface area (Å²) in [6.45, 7) is 2.94. The first kappa shape index (κ1) is 12.9. The van der Waals surface area contributed by atoms with E-state index >= 15 is 0 Å². The molecule has 0 fully saturated rings. The summed E-state index contributed by atoms with van der Waals surface area (Å²) in [4.78, 5) is 0. The van der Waals surface area contributed by atoms with Crippen LogP contribution < -0.4 is 5.32 Å². The number of hydrogen-bond acceptors (Lipinski definition) is 3. The number of furan rings is 2. The third-order valence-electron chi connectivity index (χ3n) is 3.21. The molecular formula is C16H16FNO2. The van der Waals surface area contributed by atoms with Gasteiger partial charge in [0.2, 0.25) is 0 Å². The molecule has 0 aliphatic carbocycles. The van der Waals surface area contributed by atoms with Crippen LogP contribution in [0.25, 0.3) is 11.0 Å². The van der Waals surface area contributed by atoms with Crippen LogP contribution in [-0.4, -0.2) is 6.54 Å². The van der Waals surface area contributed by atoms with Gasteiger partial charge in [0.25, 0.3) is 0 Å². The lowest BCUT2D eigenvalue weighted by Crippen LogP contribution is -2.22. The average Bonchev–Trinajstić information content (AvgIpc) is 3.08. The molecule has 0 saturated carbocycles. The number of rotatable bonds is 5. The number of halogens is 1. The SMILES string of the molecule is CCCNC(c1ccco1)c1cc2cc(F)ccc2o1.